The quantitative estimate of drug-likeness (QED) is 0.801. The highest BCUT2D eigenvalue weighted by molar-refractivity contribution is 7.15. The van der Waals surface area contributed by atoms with Crippen molar-refractivity contribution in [1.82, 2.24) is 4.90 Å². The maximum Gasteiger partial charge on any atom is 0.341 e. The summed E-state index contributed by atoms with van der Waals surface area (Å²) in [6, 6.07) is 9.67. The van der Waals surface area contributed by atoms with E-state index in [-0.39, 0.29) is 5.91 Å². The van der Waals surface area contributed by atoms with Crippen molar-refractivity contribution >= 4 is 28.2 Å². The summed E-state index contributed by atoms with van der Waals surface area (Å²) in [4.78, 5) is 26.9. The Bertz CT molecular complexity index is 736. The van der Waals surface area contributed by atoms with Crippen molar-refractivity contribution in [3.63, 3.8) is 0 Å². The Labute approximate surface area is 151 Å². The number of ether oxygens (including phenoxy) is 1. The van der Waals surface area contributed by atoms with Crippen LogP contribution in [-0.4, -0.2) is 43.0 Å². The van der Waals surface area contributed by atoms with Crippen molar-refractivity contribution in [2.75, 3.05) is 31.6 Å². The first-order valence-electron chi connectivity index (χ1n) is 8.55. The maximum absolute atomic E-state index is 12.5. The van der Waals surface area contributed by atoms with Gasteiger partial charge >= 0.3 is 5.97 Å². The summed E-state index contributed by atoms with van der Waals surface area (Å²) in [5.41, 5.74) is 2.16. The first-order valence-corrected chi connectivity index (χ1v) is 9.43. The minimum absolute atomic E-state index is 0.0890. The first kappa shape index (κ1) is 17.6. The number of likely N-dealkylation sites (tertiary alicyclic amines) is 1. The molecule has 1 N–H and O–H groups in total. The third-order valence-corrected chi connectivity index (χ3v) is 5.07. The van der Waals surface area contributed by atoms with Crippen LogP contribution in [0, 0.1) is 0 Å². The Morgan fingerprint density at radius 1 is 1.20 bits per heavy atom. The number of amides is 1. The molecule has 0 radical (unpaired) electrons. The lowest BCUT2D eigenvalue weighted by Gasteiger charge is -2.14. The molecule has 1 aliphatic rings. The molecule has 0 atom stereocenters. The van der Waals surface area contributed by atoms with Gasteiger partial charge in [0.05, 0.1) is 13.2 Å². The molecule has 2 aromatic rings. The van der Waals surface area contributed by atoms with Gasteiger partial charge in [-0.15, -0.1) is 11.3 Å². The van der Waals surface area contributed by atoms with Crippen molar-refractivity contribution in [3.05, 3.63) is 41.3 Å². The van der Waals surface area contributed by atoms with Crippen LogP contribution in [-0.2, 0) is 9.53 Å². The molecule has 2 heterocycles. The van der Waals surface area contributed by atoms with Crippen LogP contribution in [0.2, 0.25) is 0 Å². The van der Waals surface area contributed by atoms with Crippen molar-refractivity contribution in [2.45, 2.75) is 19.8 Å². The molecule has 132 valence electrons. The van der Waals surface area contributed by atoms with E-state index in [9.17, 15) is 9.59 Å². The fourth-order valence-corrected chi connectivity index (χ4v) is 3.97. The lowest BCUT2D eigenvalue weighted by molar-refractivity contribution is -0.117. The van der Waals surface area contributed by atoms with Gasteiger partial charge in [-0.2, -0.15) is 0 Å². The Morgan fingerprint density at radius 2 is 1.92 bits per heavy atom. The van der Waals surface area contributed by atoms with Crippen LogP contribution in [0.15, 0.2) is 35.7 Å². The van der Waals surface area contributed by atoms with E-state index in [1.165, 1.54) is 11.3 Å². The number of anilines is 1. The number of thiophene rings is 1. The average Bonchev–Trinajstić information content (AvgIpc) is 3.25. The smallest absolute Gasteiger partial charge is 0.341 e. The molecule has 25 heavy (non-hydrogen) atoms. The Morgan fingerprint density at radius 3 is 2.60 bits per heavy atom. The van der Waals surface area contributed by atoms with E-state index in [2.05, 4.69) is 10.2 Å². The number of nitrogens with zero attached hydrogens (tertiary/aromatic N) is 1. The molecule has 0 bridgehead atoms. The van der Waals surface area contributed by atoms with Gasteiger partial charge in [-0.05, 0) is 38.4 Å². The third kappa shape index (κ3) is 4.27. The van der Waals surface area contributed by atoms with Gasteiger partial charge in [0.15, 0.2) is 0 Å². The molecule has 0 spiro atoms. The number of hydrogen-bond donors (Lipinski definition) is 1. The number of carbonyl (C=O) groups excluding carboxylic acids is 2. The number of hydrogen-bond acceptors (Lipinski definition) is 5. The molecule has 5 nitrogen and oxygen atoms in total. The van der Waals surface area contributed by atoms with Crippen LogP contribution in [0.25, 0.3) is 11.1 Å². The molecular weight excluding hydrogens is 336 g/mol. The third-order valence-electron chi connectivity index (χ3n) is 4.17. The highest BCUT2D eigenvalue weighted by atomic mass is 32.1. The molecule has 6 heteroatoms. The summed E-state index contributed by atoms with van der Waals surface area (Å²) in [7, 11) is 0. The highest BCUT2D eigenvalue weighted by Crippen LogP contribution is 2.36. The predicted molar refractivity (Wildman–Crippen MR) is 100 cm³/mol. The number of rotatable bonds is 6. The van der Waals surface area contributed by atoms with Crippen molar-refractivity contribution < 1.29 is 14.3 Å². The van der Waals surface area contributed by atoms with Gasteiger partial charge in [-0.25, -0.2) is 4.79 Å². The molecule has 0 aliphatic carbocycles. The molecule has 0 saturated carbocycles. The first-order chi connectivity index (χ1) is 12.2. The molecule has 1 amide bonds. The van der Waals surface area contributed by atoms with Crippen molar-refractivity contribution in [3.8, 4) is 11.1 Å². The summed E-state index contributed by atoms with van der Waals surface area (Å²) in [6.07, 6.45) is 2.27. The Hall–Kier alpha value is -2.18. The summed E-state index contributed by atoms with van der Waals surface area (Å²) in [6.45, 7) is 4.35. The second-order valence-electron chi connectivity index (χ2n) is 5.97. The number of esters is 1. The van der Waals surface area contributed by atoms with Gasteiger partial charge in [0.1, 0.15) is 10.6 Å². The minimum Gasteiger partial charge on any atom is -0.462 e. The highest BCUT2D eigenvalue weighted by Gasteiger charge is 2.23. The molecule has 1 aliphatic heterocycles. The molecule has 1 aromatic heterocycles. The molecule has 1 aromatic carbocycles. The van der Waals surface area contributed by atoms with E-state index in [1.807, 2.05) is 35.7 Å². The average molecular weight is 358 g/mol. The second kappa shape index (κ2) is 8.27. The number of carbonyl (C=O) groups is 2. The second-order valence-corrected chi connectivity index (χ2v) is 6.85. The Balaban J connectivity index is 1.84. The zero-order valence-corrected chi connectivity index (χ0v) is 15.1. The van der Waals surface area contributed by atoms with Crippen LogP contribution in [0.5, 0.6) is 0 Å². The van der Waals surface area contributed by atoms with E-state index < -0.39 is 5.97 Å². The van der Waals surface area contributed by atoms with Crippen molar-refractivity contribution in [1.29, 1.82) is 0 Å². The fourth-order valence-electron chi connectivity index (χ4n) is 3.00. The van der Waals surface area contributed by atoms with Gasteiger partial charge < -0.3 is 10.1 Å². The summed E-state index contributed by atoms with van der Waals surface area (Å²) >= 11 is 1.36. The molecule has 1 fully saturated rings. The largest absolute Gasteiger partial charge is 0.462 e. The Kier molecular flexibility index (Phi) is 5.83. The molecule has 1 saturated heterocycles. The van der Waals surface area contributed by atoms with E-state index >= 15 is 0 Å². The van der Waals surface area contributed by atoms with E-state index in [0.717, 1.165) is 37.1 Å². The number of nitrogens with one attached hydrogen (secondary N) is 1. The molecule has 3 rings (SSSR count). The molecular formula is C19H22N2O3S. The van der Waals surface area contributed by atoms with Crippen LogP contribution < -0.4 is 5.32 Å². The normalized spacial score (nSPS) is 14.4. The van der Waals surface area contributed by atoms with Gasteiger partial charge in [0.25, 0.3) is 0 Å². The predicted octanol–water partition coefficient (Wildman–Crippen LogP) is 3.63. The van der Waals surface area contributed by atoms with Crippen LogP contribution >= 0.6 is 11.3 Å². The van der Waals surface area contributed by atoms with E-state index in [1.54, 1.807) is 6.92 Å². The monoisotopic (exact) mass is 358 g/mol. The fraction of sp³-hybridized carbons (Fsp3) is 0.368. The summed E-state index contributed by atoms with van der Waals surface area (Å²) in [5, 5.41) is 5.36. The summed E-state index contributed by atoms with van der Waals surface area (Å²) in [5.74, 6) is -0.493. The lowest BCUT2D eigenvalue weighted by Crippen LogP contribution is -2.31. The zero-order valence-electron chi connectivity index (χ0n) is 14.3. The van der Waals surface area contributed by atoms with Crippen molar-refractivity contribution in [2.24, 2.45) is 0 Å². The SMILES string of the molecule is CCOC(=O)c1c(-c2ccccc2)csc1NC(=O)CN1CCCC1. The van der Waals surface area contributed by atoms with E-state index in [4.69, 9.17) is 4.74 Å². The van der Waals surface area contributed by atoms with Crippen LogP contribution in [0.4, 0.5) is 5.00 Å². The molecule has 0 unspecified atom stereocenters. The minimum atomic E-state index is -0.404. The van der Waals surface area contributed by atoms with Crippen LogP contribution in [0.3, 0.4) is 0 Å². The van der Waals surface area contributed by atoms with Gasteiger partial charge in [-0.1, -0.05) is 30.3 Å². The topological polar surface area (TPSA) is 58.6 Å². The van der Waals surface area contributed by atoms with Crippen LogP contribution in [0.1, 0.15) is 30.1 Å². The summed E-state index contributed by atoms with van der Waals surface area (Å²) < 4.78 is 5.21. The standard InChI is InChI=1S/C19H22N2O3S/c1-2-24-19(23)17-15(14-8-4-3-5-9-14)13-25-18(17)20-16(22)12-21-10-6-7-11-21/h3-5,8-9,13H,2,6-7,10-12H2,1H3,(H,20,22). The van der Waals surface area contributed by atoms with Gasteiger partial charge in [0, 0.05) is 10.9 Å². The van der Waals surface area contributed by atoms with E-state index in [0.29, 0.717) is 23.7 Å². The van der Waals surface area contributed by atoms with Gasteiger partial charge in [0.2, 0.25) is 5.91 Å². The van der Waals surface area contributed by atoms with Gasteiger partial charge in [-0.3, -0.25) is 9.69 Å². The maximum atomic E-state index is 12.5. The zero-order chi connectivity index (χ0) is 17.6. The number of benzene rings is 1. The lowest BCUT2D eigenvalue weighted by atomic mass is 10.0.